The van der Waals surface area contributed by atoms with Gasteiger partial charge < -0.3 is 0 Å². The smallest absolute Gasteiger partial charge is 0.0102 e. The fourth-order valence-corrected chi connectivity index (χ4v) is 2.29. The Morgan fingerprint density at radius 1 is 1.50 bits per heavy atom. The first-order valence-electron chi connectivity index (χ1n) is 4.70. The van der Waals surface area contributed by atoms with E-state index < -0.39 is 0 Å². The quantitative estimate of drug-likeness (QED) is 0.514. The Morgan fingerprint density at radius 2 is 2.25 bits per heavy atom. The van der Waals surface area contributed by atoms with Gasteiger partial charge in [-0.25, -0.2) is 0 Å². The lowest BCUT2D eigenvalue weighted by atomic mass is 9.95. The van der Waals surface area contributed by atoms with Gasteiger partial charge in [0.2, 0.25) is 0 Å². The minimum atomic E-state index is 0.749. The van der Waals surface area contributed by atoms with Crippen molar-refractivity contribution in [3.63, 3.8) is 0 Å². The number of hydrogen-bond donors (Lipinski definition) is 0. The van der Waals surface area contributed by atoms with E-state index in [-0.39, 0.29) is 0 Å². The lowest BCUT2D eigenvalue weighted by Gasteiger charge is -2.10. The number of rotatable bonds is 1. The predicted molar refractivity (Wildman–Crippen MR) is 52.9 cm³/mol. The third-order valence-corrected chi connectivity index (χ3v) is 3.02. The van der Waals surface area contributed by atoms with E-state index in [0.717, 1.165) is 5.92 Å². The van der Waals surface area contributed by atoms with Crippen molar-refractivity contribution in [3.8, 4) is 0 Å². The summed E-state index contributed by atoms with van der Waals surface area (Å²) in [5.74, 6) is 0.749. The van der Waals surface area contributed by atoms with Crippen molar-refractivity contribution in [3.05, 3.63) is 34.9 Å². The highest BCUT2D eigenvalue weighted by molar-refractivity contribution is 5.43. The molecule has 0 aromatic carbocycles. The average molecular weight is 160 g/mol. The molecule has 0 spiro atoms. The molecule has 2 rings (SSSR count). The second-order valence-corrected chi connectivity index (χ2v) is 4.25. The Hall–Kier alpha value is -0.780. The molecule has 1 unspecified atom stereocenters. The van der Waals surface area contributed by atoms with Crippen molar-refractivity contribution in [1.29, 1.82) is 0 Å². The van der Waals surface area contributed by atoms with Crippen LogP contribution in [0.5, 0.6) is 0 Å². The van der Waals surface area contributed by atoms with Crippen LogP contribution in [-0.4, -0.2) is 0 Å². The Morgan fingerprint density at radius 3 is 2.83 bits per heavy atom. The van der Waals surface area contributed by atoms with Gasteiger partial charge in [0, 0.05) is 0 Å². The molecule has 0 aliphatic heterocycles. The third kappa shape index (κ3) is 1.16. The van der Waals surface area contributed by atoms with Crippen LogP contribution < -0.4 is 0 Å². The van der Waals surface area contributed by atoms with Crippen LogP contribution in [0.1, 0.15) is 33.1 Å². The Balaban J connectivity index is 2.11. The molecule has 0 saturated heterocycles. The van der Waals surface area contributed by atoms with E-state index in [0.29, 0.717) is 0 Å². The molecule has 12 heavy (non-hydrogen) atoms. The molecular weight excluding hydrogens is 144 g/mol. The predicted octanol–water partition coefficient (Wildman–Crippen LogP) is 3.62. The summed E-state index contributed by atoms with van der Waals surface area (Å²) in [6.07, 6.45) is 6.14. The van der Waals surface area contributed by atoms with Gasteiger partial charge in [0.05, 0.1) is 0 Å². The summed E-state index contributed by atoms with van der Waals surface area (Å²) in [6, 6.07) is 0. The first-order valence-corrected chi connectivity index (χ1v) is 4.70. The molecular formula is C12H16. The van der Waals surface area contributed by atoms with E-state index in [2.05, 4.69) is 26.5 Å². The van der Waals surface area contributed by atoms with Gasteiger partial charge in [-0.15, -0.1) is 0 Å². The average Bonchev–Trinajstić information content (AvgIpc) is 2.42. The summed E-state index contributed by atoms with van der Waals surface area (Å²) in [6.45, 7) is 8.42. The van der Waals surface area contributed by atoms with Gasteiger partial charge in [-0.05, 0) is 44.6 Å². The van der Waals surface area contributed by atoms with Crippen LogP contribution in [0, 0.1) is 5.92 Å². The van der Waals surface area contributed by atoms with Crippen molar-refractivity contribution >= 4 is 0 Å². The monoisotopic (exact) mass is 160 g/mol. The Bertz CT molecular complexity index is 289. The first kappa shape index (κ1) is 7.85. The van der Waals surface area contributed by atoms with Crippen molar-refractivity contribution in [1.82, 2.24) is 0 Å². The second-order valence-electron chi connectivity index (χ2n) is 4.25. The van der Waals surface area contributed by atoms with E-state index in [1.54, 1.807) is 16.7 Å². The van der Waals surface area contributed by atoms with Gasteiger partial charge in [-0.2, -0.15) is 0 Å². The van der Waals surface area contributed by atoms with Gasteiger partial charge in [-0.3, -0.25) is 0 Å². The fraction of sp³-hybridized carbons (Fsp3) is 0.500. The summed E-state index contributed by atoms with van der Waals surface area (Å²) in [4.78, 5) is 0. The van der Waals surface area contributed by atoms with Gasteiger partial charge in [0.1, 0.15) is 0 Å². The van der Waals surface area contributed by atoms with Crippen LogP contribution >= 0.6 is 0 Å². The zero-order valence-electron chi connectivity index (χ0n) is 7.98. The molecule has 0 bridgehead atoms. The summed E-state index contributed by atoms with van der Waals surface area (Å²) >= 11 is 0. The highest BCUT2D eigenvalue weighted by Gasteiger charge is 2.26. The molecule has 0 N–H and O–H groups in total. The van der Waals surface area contributed by atoms with Gasteiger partial charge >= 0.3 is 0 Å². The summed E-state index contributed by atoms with van der Waals surface area (Å²) < 4.78 is 0. The van der Waals surface area contributed by atoms with E-state index in [9.17, 15) is 0 Å². The lowest BCUT2D eigenvalue weighted by Crippen LogP contribution is -1.96. The molecule has 0 saturated carbocycles. The summed E-state index contributed by atoms with van der Waals surface area (Å²) in [5.41, 5.74) is 6.19. The van der Waals surface area contributed by atoms with Crippen LogP contribution in [-0.2, 0) is 0 Å². The molecule has 0 fully saturated rings. The summed E-state index contributed by atoms with van der Waals surface area (Å²) in [5, 5.41) is 0. The highest BCUT2D eigenvalue weighted by Crippen LogP contribution is 2.42. The Labute approximate surface area is 74.7 Å². The van der Waals surface area contributed by atoms with Crippen LogP contribution in [0.2, 0.25) is 0 Å². The lowest BCUT2D eigenvalue weighted by molar-refractivity contribution is 0.648. The number of allylic oxidation sites excluding steroid dienone is 5. The second kappa shape index (κ2) is 2.62. The zero-order valence-corrected chi connectivity index (χ0v) is 7.98. The molecule has 0 aromatic rings. The van der Waals surface area contributed by atoms with Crippen molar-refractivity contribution in [2.75, 3.05) is 0 Å². The topological polar surface area (TPSA) is 0 Å². The molecule has 2 aliphatic rings. The number of hydrogen-bond acceptors (Lipinski definition) is 0. The molecule has 0 nitrogen and oxygen atoms in total. The molecule has 0 amide bonds. The van der Waals surface area contributed by atoms with E-state index in [4.69, 9.17) is 0 Å². The Kier molecular flexibility index (Phi) is 1.71. The van der Waals surface area contributed by atoms with E-state index in [1.807, 2.05) is 0 Å². The summed E-state index contributed by atoms with van der Waals surface area (Å²) in [7, 11) is 0. The molecule has 1 atom stereocenters. The molecule has 0 heterocycles. The van der Waals surface area contributed by atoms with Crippen LogP contribution in [0.25, 0.3) is 0 Å². The van der Waals surface area contributed by atoms with E-state index in [1.165, 1.54) is 24.8 Å². The first-order chi connectivity index (χ1) is 5.66. The standard InChI is InChI=1S/C12H16/c1-8(2)10-6-11-4-9(3)5-12(11)7-10/h4,10H,1,5-7H2,2-3H3. The van der Waals surface area contributed by atoms with Crippen molar-refractivity contribution in [2.24, 2.45) is 5.92 Å². The van der Waals surface area contributed by atoms with E-state index >= 15 is 0 Å². The SMILES string of the molecule is C=C(C)C1CC2=C(CC(C)=C2)C1. The molecule has 2 aliphatic carbocycles. The van der Waals surface area contributed by atoms with Crippen LogP contribution in [0.3, 0.4) is 0 Å². The van der Waals surface area contributed by atoms with Crippen molar-refractivity contribution in [2.45, 2.75) is 33.1 Å². The maximum Gasteiger partial charge on any atom is -0.0102 e. The molecule has 64 valence electrons. The van der Waals surface area contributed by atoms with Gasteiger partial charge in [0.25, 0.3) is 0 Å². The fourth-order valence-electron chi connectivity index (χ4n) is 2.29. The molecule has 0 aromatic heterocycles. The highest BCUT2D eigenvalue weighted by atomic mass is 14.3. The normalized spacial score (nSPS) is 27.5. The largest absolute Gasteiger partial charge is 0.0998 e. The van der Waals surface area contributed by atoms with Gasteiger partial charge in [-0.1, -0.05) is 29.4 Å². The van der Waals surface area contributed by atoms with Crippen LogP contribution in [0.15, 0.2) is 34.9 Å². The molecule has 0 radical (unpaired) electrons. The van der Waals surface area contributed by atoms with Crippen LogP contribution in [0.4, 0.5) is 0 Å². The minimum absolute atomic E-state index is 0.749. The minimum Gasteiger partial charge on any atom is -0.0998 e. The third-order valence-electron chi connectivity index (χ3n) is 3.02. The van der Waals surface area contributed by atoms with Crippen molar-refractivity contribution < 1.29 is 0 Å². The maximum atomic E-state index is 4.04. The molecule has 0 heteroatoms. The van der Waals surface area contributed by atoms with Gasteiger partial charge in [0.15, 0.2) is 0 Å². The maximum absolute atomic E-state index is 4.04. The zero-order chi connectivity index (χ0) is 8.72.